The van der Waals surface area contributed by atoms with E-state index in [1.165, 1.54) is 0 Å². The first-order valence-electron chi connectivity index (χ1n) is 10.6. The summed E-state index contributed by atoms with van der Waals surface area (Å²) in [6, 6.07) is 11.1. The van der Waals surface area contributed by atoms with Gasteiger partial charge in [0.1, 0.15) is 0 Å². The van der Waals surface area contributed by atoms with Crippen molar-refractivity contribution in [3.8, 4) is 11.5 Å². The van der Waals surface area contributed by atoms with E-state index in [4.69, 9.17) is 14.2 Å². The normalized spacial score (nSPS) is 22.3. The Kier molecular flexibility index (Phi) is 5.06. The van der Waals surface area contributed by atoms with Gasteiger partial charge < -0.3 is 24.0 Å². The molecule has 0 N–H and O–H groups in total. The molecular weight excluding hydrogens is 396 g/mol. The van der Waals surface area contributed by atoms with E-state index in [0.29, 0.717) is 56.3 Å². The Balaban J connectivity index is 1.67. The lowest BCUT2D eigenvalue weighted by atomic mass is 9.75. The third kappa shape index (κ3) is 3.15. The van der Waals surface area contributed by atoms with Crippen LogP contribution in [-0.2, 0) is 16.0 Å². The van der Waals surface area contributed by atoms with Crippen molar-refractivity contribution in [1.82, 2.24) is 9.80 Å². The minimum absolute atomic E-state index is 0.0212. The molecule has 3 aliphatic heterocycles. The molecule has 2 atom stereocenters. The van der Waals surface area contributed by atoms with E-state index in [-0.39, 0.29) is 17.9 Å². The zero-order valence-electron chi connectivity index (χ0n) is 17.8. The average molecular weight is 422 g/mol. The van der Waals surface area contributed by atoms with Gasteiger partial charge in [-0.05, 0) is 41.3 Å². The van der Waals surface area contributed by atoms with Gasteiger partial charge in [-0.2, -0.15) is 0 Å². The third-order valence-corrected chi connectivity index (χ3v) is 6.61. The van der Waals surface area contributed by atoms with Crippen LogP contribution in [0.2, 0.25) is 0 Å². The number of morpholine rings is 1. The number of ether oxygens (including phenoxy) is 3. The van der Waals surface area contributed by atoms with Crippen LogP contribution < -0.4 is 9.47 Å². The fourth-order valence-electron chi connectivity index (χ4n) is 5.10. The highest BCUT2D eigenvalue weighted by Gasteiger charge is 2.47. The number of hydrogen-bond donors (Lipinski definition) is 0. The maximum atomic E-state index is 13.8. The summed E-state index contributed by atoms with van der Waals surface area (Å²) in [6.45, 7) is 2.77. The van der Waals surface area contributed by atoms with E-state index in [1.807, 2.05) is 46.2 Å². The molecule has 0 bridgehead atoms. The molecule has 7 nitrogen and oxygen atoms in total. The molecule has 0 saturated carbocycles. The van der Waals surface area contributed by atoms with Crippen LogP contribution in [0.3, 0.4) is 0 Å². The van der Waals surface area contributed by atoms with Gasteiger partial charge in [-0.1, -0.05) is 18.2 Å². The Hall–Kier alpha value is -3.06. The predicted octanol–water partition coefficient (Wildman–Crippen LogP) is 2.40. The fourth-order valence-corrected chi connectivity index (χ4v) is 5.10. The zero-order valence-corrected chi connectivity index (χ0v) is 17.8. The Labute approximate surface area is 181 Å². The van der Waals surface area contributed by atoms with Gasteiger partial charge in [0, 0.05) is 25.2 Å². The molecule has 2 aromatic rings. The summed E-state index contributed by atoms with van der Waals surface area (Å²) < 4.78 is 16.5. The lowest BCUT2D eigenvalue weighted by Gasteiger charge is -2.46. The van der Waals surface area contributed by atoms with Crippen LogP contribution in [0.15, 0.2) is 36.4 Å². The molecule has 2 amide bonds. The monoisotopic (exact) mass is 422 g/mol. The van der Waals surface area contributed by atoms with Gasteiger partial charge in [0.05, 0.1) is 39.4 Å². The second kappa shape index (κ2) is 7.89. The number of benzene rings is 2. The molecule has 0 aliphatic carbocycles. The van der Waals surface area contributed by atoms with Crippen molar-refractivity contribution >= 4 is 11.8 Å². The number of amides is 2. The Morgan fingerprint density at radius 2 is 1.71 bits per heavy atom. The molecule has 5 rings (SSSR count). The molecule has 0 spiro atoms. The number of fused-ring (bicyclic) bond motifs is 4. The van der Waals surface area contributed by atoms with Crippen molar-refractivity contribution in [2.24, 2.45) is 0 Å². The Morgan fingerprint density at radius 1 is 1.00 bits per heavy atom. The van der Waals surface area contributed by atoms with Crippen LogP contribution in [0.4, 0.5) is 0 Å². The average Bonchev–Trinajstić information content (AvgIpc) is 2.83. The molecule has 31 heavy (non-hydrogen) atoms. The van der Waals surface area contributed by atoms with Crippen LogP contribution in [-0.4, -0.2) is 68.7 Å². The highest BCUT2D eigenvalue weighted by molar-refractivity contribution is 6.01. The number of methoxy groups -OCH3 is 2. The molecule has 1 fully saturated rings. The highest BCUT2D eigenvalue weighted by atomic mass is 16.5. The van der Waals surface area contributed by atoms with E-state index in [0.717, 1.165) is 16.7 Å². The van der Waals surface area contributed by atoms with Crippen molar-refractivity contribution < 1.29 is 23.8 Å². The van der Waals surface area contributed by atoms with Crippen molar-refractivity contribution in [3.05, 3.63) is 58.7 Å². The van der Waals surface area contributed by atoms with Crippen LogP contribution in [0.1, 0.15) is 39.0 Å². The van der Waals surface area contributed by atoms with Gasteiger partial charge in [-0.15, -0.1) is 0 Å². The molecule has 2 unspecified atom stereocenters. The lowest BCUT2D eigenvalue weighted by Crippen LogP contribution is -2.52. The minimum atomic E-state index is -0.468. The highest BCUT2D eigenvalue weighted by Crippen LogP contribution is 2.48. The number of nitrogens with zero attached hydrogens (tertiary/aromatic N) is 2. The summed E-state index contributed by atoms with van der Waals surface area (Å²) in [5, 5.41) is 0. The molecular formula is C24H26N2O5. The van der Waals surface area contributed by atoms with E-state index in [2.05, 4.69) is 0 Å². The second-order valence-electron chi connectivity index (χ2n) is 8.10. The molecule has 3 heterocycles. The first kappa shape index (κ1) is 19.9. The molecule has 3 aliphatic rings. The maximum Gasteiger partial charge on any atom is 0.254 e. The van der Waals surface area contributed by atoms with Gasteiger partial charge in [0.2, 0.25) is 5.91 Å². The lowest BCUT2D eigenvalue weighted by molar-refractivity contribution is -0.138. The topological polar surface area (TPSA) is 68.3 Å². The maximum absolute atomic E-state index is 13.8. The number of carbonyl (C=O) groups excluding carboxylic acids is 2. The fraction of sp³-hybridized carbons (Fsp3) is 0.417. The van der Waals surface area contributed by atoms with Crippen LogP contribution in [0.25, 0.3) is 0 Å². The smallest absolute Gasteiger partial charge is 0.254 e. The second-order valence-corrected chi connectivity index (χ2v) is 8.10. The molecule has 7 heteroatoms. The summed E-state index contributed by atoms with van der Waals surface area (Å²) in [4.78, 5) is 31.0. The first-order valence-corrected chi connectivity index (χ1v) is 10.6. The summed E-state index contributed by atoms with van der Waals surface area (Å²) in [6.07, 6.45) is 0.707. The molecule has 0 radical (unpaired) electrons. The minimum Gasteiger partial charge on any atom is -0.493 e. The van der Waals surface area contributed by atoms with Crippen LogP contribution >= 0.6 is 0 Å². The van der Waals surface area contributed by atoms with Crippen LogP contribution in [0.5, 0.6) is 11.5 Å². The molecule has 162 valence electrons. The van der Waals surface area contributed by atoms with E-state index in [1.54, 1.807) is 14.2 Å². The van der Waals surface area contributed by atoms with Gasteiger partial charge in [0.15, 0.2) is 11.5 Å². The quantitative estimate of drug-likeness (QED) is 0.760. The van der Waals surface area contributed by atoms with E-state index >= 15 is 0 Å². The number of rotatable bonds is 3. The van der Waals surface area contributed by atoms with Gasteiger partial charge in [-0.25, -0.2) is 0 Å². The van der Waals surface area contributed by atoms with Crippen LogP contribution in [0, 0.1) is 0 Å². The standard InChI is InChI=1S/C24H26N2O5/c1-29-19-13-15-7-8-26-22(18(15)14-20(19)30-2)21(24(28)25-9-11-31-12-10-25)16-5-3-4-6-17(16)23(26)27/h3-6,13-14,21-22H,7-12H2,1-2H3. The molecule has 1 saturated heterocycles. The van der Waals surface area contributed by atoms with Gasteiger partial charge >= 0.3 is 0 Å². The van der Waals surface area contributed by atoms with Gasteiger partial charge in [0.25, 0.3) is 5.91 Å². The summed E-state index contributed by atoms with van der Waals surface area (Å²) in [5.41, 5.74) is 3.46. The zero-order chi connectivity index (χ0) is 21.5. The Bertz CT molecular complexity index is 1030. The first-order chi connectivity index (χ1) is 15.1. The van der Waals surface area contributed by atoms with Crippen molar-refractivity contribution in [2.75, 3.05) is 47.1 Å². The summed E-state index contributed by atoms with van der Waals surface area (Å²) in [7, 11) is 3.22. The molecule has 2 aromatic carbocycles. The number of carbonyl (C=O) groups is 2. The largest absolute Gasteiger partial charge is 0.493 e. The van der Waals surface area contributed by atoms with Crippen molar-refractivity contribution in [3.63, 3.8) is 0 Å². The summed E-state index contributed by atoms with van der Waals surface area (Å²) >= 11 is 0. The SMILES string of the molecule is COc1cc2c(cc1OC)C1C(C(=O)N3CCOCC3)c3ccccc3C(=O)N1CC2. The Morgan fingerprint density at radius 3 is 2.45 bits per heavy atom. The predicted molar refractivity (Wildman–Crippen MR) is 114 cm³/mol. The number of hydrogen-bond acceptors (Lipinski definition) is 5. The van der Waals surface area contributed by atoms with E-state index in [9.17, 15) is 9.59 Å². The summed E-state index contributed by atoms with van der Waals surface area (Å²) in [5.74, 6) is 0.817. The van der Waals surface area contributed by atoms with Gasteiger partial charge in [-0.3, -0.25) is 9.59 Å². The molecule has 0 aromatic heterocycles. The van der Waals surface area contributed by atoms with Crippen molar-refractivity contribution in [1.29, 1.82) is 0 Å². The third-order valence-electron chi connectivity index (χ3n) is 6.61. The van der Waals surface area contributed by atoms with Crippen molar-refractivity contribution in [2.45, 2.75) is 18.4 Å². The van der Waals surface area contributed by atoms with E-state index < -0.39 is 5.92 Å².